The average Bonchev–Trinajstić information content (AvgIpc) is 2.71. The number of pyridine rings is 1. The van der Waals surface area contributed by atoms with E-state index in [2.05, 4.69) is 34.9 Å². The Balaban J connectivity index is 2.46. The lowest BCUT2D eigenvalue weighted by Gasteiger charge is -2.01. The lowest BCUT2D eigenvalue weighted by Crippen LogP contribution is -1.90. The van der Waals surface area contributed by atoms with Gasteiger partial charge in [0.05, 0.1) is 12.3 Å². The highest BCUT2D eigenvalue weighted by atomic mass is 16.5. The molecule has 0 atom stereocenters. The second-order valence-corrected chi connectivity index (χ2v) is 3.05. The van der Waals surface area contributed by atoms with Gasteiger partial charge >= 0.3 is 0 Å². The summed E-state index contributed by atoms with van der Waals surface area (Å²) in [6, 6.07) is 8.31. The number of hydrogen-bond donors (Lipinski definition) is 0. The third-order valence-corrected chi connectivity index (χ3v) is 2.36. The summed E-state index contributed by atoms with van der Waals surface area (Å²) in [5.74, 6) is 1.04. The van der Waals surface area contributed by atoms with Crippen molar-refractivity contribution in [3.63, 3.8) is 0 Å². The van der Waals surface area contributed by atoms with Crippen molar-refractivity contribution in [2.75, 3.05) is 6.61 Å². The van der Waals surface area contributed by atoms with E-state index in [-0.39, 0.29) is 0 Å². The van der Waals surface area contributed by atoms with Gasteiger partial charge in [-0.05, 0) is 24.3 Å². The van der Waals surface area contributed by atoms with Gasteiger partial charge in [-0.15, -0.1) is 0 Å². The van der Waals surface area contributed by atoms with Gasteiger partial charge in [-0.3, -0.25) is 0 Å². The highest BCUT2D eigenvalue weighted by molar-refractivity contribution is 5.53. The van der Waals surface area contributed by atoms with Gasteiger partial charge < -0.3 is 9.14 Å². The molecule has 0 saturated heterocycles. The molecule has 0 unspecified atom stereocenters. The van der Waals surface area contributed by atoms with Crippen LogP contribution in [-0.4, -0.2) is 11.0 Å². The Bertz CT molecular complexity index is 430. The maximum Gasteiger partial charge on any atom is 0.139 e. The first-order chi connectivity index (χ1) is 5.95. The van der Waals surface area contributed by atoms with Crippen LogP contribution in [0.25, 0.3) is 5.52 Å². The molecule has 0 aromatic carbocycles. The first-order valence-corrected chi connectivity index (χ1v) is 4.17. The molecule has 2 aromatic rings. The summed E-state index contributed by atoms with van der Waals surface area (Å²) >= 11 is 0. The summed E-state index contributed by atoms with van der Waals surface area (Å²) in [6.45, 7) is 0.826. The van der Waals surface area contributed by atoms with Crippen LogP contribution in [0, 0.1) is 0 Å². The molecule has 1 aliphatic rings. The highest BCUT2D eigenvalue weighted by Crippen LogP contribution is 2.26. The minimum Gasteiger partial charge on any atom is -0.491 e. The minimum atomic E-state index is 0.826. The fourth-order valence-corrected chi connectivity index (χ4v) is 1.78. The van der Waals surface area contributed by atoms with Gasteiger partial charge in [0.25, 0.3) is 0 Å². The summed E-state index contributed by atoms with van der Waals surface area (Å²) in [5.41, 5.74) is 2.55. The van der Waals surface area contributed by atoms with Crippen LogP contribution in [0.3, 0.4) is 0 Å². The molecular formula is C10H9NO. The Labute approximate surface area is 70.4 Å². The van der Waals surface area contributed by atoms with Crippen LogP contribution in [0.5, 0.6) is 5.75 Å². The molecule has 60 valence electrons. The van der Waals surface area contributed by atoms with E-state index in [0.717, 1.165) is 18.8 Å². The molecule has 2 aromatic heterocycles. The maximum absolute atomic E-state index is 5.46. The number of ether oxygens (including phenoxy) is 1. The van der Waals surface area contributed by atoms with Crippen molar-refractivity contribution in [1.82, 2.24) is 4.40 Å². The van der Waals surface area contributed by atoms with E-state index in [4.69, 9.17) is 4.74 Å². The van der Waals surface area contributed by atoms with Crippen LogP contribution >= 0.6 is 0 Å². The Hall–Kier alpha value is -1.44. The van der Waals surface area contributed by atoms with Crippen LogP contribution in [0.1, 0.15) is 5.69 Å². The van der Waals surface area contributed by atoms with Gasteiger partial charge in [-0.1, -0.05) is 0 Å². The zero-order chi connectivity index (χ0) is 7.97. The topological polar surface area (TPSA) is 13.6 Å². The summed E-state index contributed by atoms with van der Waals surface area (Å²) in [4.78, 5) is 0. The predicted molar refractivity (Wildman–Crippen MR) is 46.6 cm³/mol. The van der Waals surface area contributed by atoms with E-state index < -0.39 is 0 Å². The SMILES string of the molecule is c1cc2ccc3c(n2c1)CCO3. The fraction of sp³-hybridized carbons (Fsp3) is 0.200. The van der Waals surface area contributed by atoms with E-state index in [9.17, 15) is 0 Å². The monoisotopic (exact) mass is 159 g/mol. The number of fused-ring (bicyclic) bond motifs is 3. The molecule has 0 N–H and O–H groups in total. The number of hydrogen-bond acceptors (Lipinski definition) is 1. The number of rotatable bonds is 0. The predicted octanol–water partition coefficient (Wildman–Crippen LogP) is 1.87. The molecule has 0 radical (unpaired) electrons. The molecule has 3 rings (SSSR count). The molecular weight excluding hydrogens is 150 g/mol. The molecule has 2 heteroatoms. The quantitative estimate of drug-likeness (QED) is 0.572. The van der Waals surface area contributed by atoms with E-state index in [1.807, 2.05) is 0 Å². The van der Waals surface area contributed by atoms with Crippen LogP contribution in [0.15, 0.2) is 30.5 Å². The van der Waals surface area contributed by atoms with Crippen LogP contribution < -0.4 is 4.74 Å². The zero-order valence-electron chi connectivity index (χ0n) is 6.66. The van der Waals surface area contributed by atoms with Crippen molar-refractivity contribution in [3.05, 3.63) is 36.2 Å². The Morgan fingerprint density at radius 3 is 3.25 bits per heavy atom. The van der Waals surface area contributed by atoms with Gasteiger partial charge in [0.1, 0.15) is 5.75 Å². The van der Waals surface area contributed by atoms with Crippen molar-refractivity contribution >= 4 is 5.52 Å². The van der Waals surface area contributed by atoms with Crippen molar-refractivity contribution in [3.8, 4) is 5.75 Å². The second-order valence-electron chi connectivity index (χ2n) is 3.05. The van der Waals surface area contributed by atoms with Gasteiger partial charge in [0.15, 0.2) is 0 Å². The molecule has 0 fully saturated rings. The summed E-state index contributed by atoms with van der Waals surface area (Å²) in [7, 11) is 0. The normalized spacial score (nSPS) is 14.7. The summed E-state index contributed by atoms with van der Waals surface area (Å²) in [5, 5.41) is 0. The fourth-order valence-electron chi connectivity index (χ4n) is 1.78. The third-order valence-electron chi connectivity index (χ3n) is 2.36. The van der Waals surface area contributed by atoms with Gasteiger partial charge in [0.2, 0.25) is 0 Å². The lowest BCUT2D eigenvalue weighted by molar-refractivity contribution is 0.357. The Morgan fingerprint density at radius 1 is 1.25 bits per heavy atom. The van der Waals surface area contributed by atoms with E-state index in [1.165, 1.54) is 11.2 Å². The highest BCUT2D eigenvalue weighted by Gasteiger charge is 2.13. The third kappa shape index (κ3) is 0.644. The van der Waals surface area contributed by atoms with Crippen molar-refractivity contribution in [1.29, 1.82) is 0 Å². The van der Waals surface area contributed by atoms with Crippen LogP contribution in [0.2, 0.25) is 0 Å². The summed E-state index contributed by atoms with van der Waals surface area (Å²) in [6.07, 6.45) is 3.12. The first-order valence-electron chi connectivity index (χ1n) is 4.17. The van der Waals surface area contributed by atoms with Crippen molar-refractivity contribution < 1.29 is 4.74 Å². The Kier molecular flexibility index (Phi) is 1.04. The lowest BCUT2D eigenvalue weighted by atomic mass is 10.3. The minimum absolute atomic E-state index is 0.826. The van der Waals surface area contributed by atoms with Crippen LogP contribution in [-0.2, 0) is 6.42 Å². The molecule has 12 heavy (non-hydrogen) atoms. The Morgan fingerprint density at radius 2 is 2.25 bits per heavy atom. The molecule has 3 heterocycles. The molecule has 0 spiro atoms. The molecule has 1 aliphatic heterocycles. The second kappa shape index (κ2) is 2.03. The largest absolute Gasteiger partial charge is 0.491 e. The van der Waals surface area contributed by atoms with Gasteiger partial charge in [-0.25, -0.2) is 0 Å². The standard InChI is InChI=1S/C10H9NO/c1-2-8-3-4-10-9(5-7-12-10)11(8)6-1/h1-4,6H,5,7H2. The smallest absolute Gasteiger partial charge is 0.139 e. The van der Waals surface area contributed by atoms with Gasteiger partial charge in [0, 0.05) is 18.1 Å². The molecule has 0 saturated carbocycles. The van der Waals surface area contributed by atoms with Crippen LogP contribution in [0.4, 0.5) is 0 Å². The first kappa shape index (κ1) is 6.12. The molecule has 0 amide bonds. The van der Waals surface area contributed by atoms with E-state index in [0.29, 0.717) is 0 Å². The molecule has 0 bridgehead atoms. The zero-order valence-corrected chi connectivity index (χ0v) is 6.66. The maximum atomic E-state index is 5.46. The number of nitrogens with zero attached hydrogens (tertiary/aromatic N) is 1. The van der Waals surface area contributed by atoms with Crippen molar-refractivity contribution in [2.45, 2.75) is 6.42 Å². The summed E-state index contributed by atoms with van der Waals surface area (Å²) < 4.78 is 7.65. The number of aromatic nitrogens is 1. The molecule has 0 aliphatic carbocycles. The van der Waals surface area contributed by atoms with E-state index >= 15 is 0 Å². The van der Waals surface area contributed by atoms with Gasteiger partial charge in [-0.2, -0.15) is 0 Å². The van der Waals surface area contributed by atoms with E-state index in [1.54, 1.807) is 0 Å². The van der Waals surface area contributed by atoms with Crippen molar-refractivity contribution in [2.24, 2.45) is 0 Å². The average molecular weight is 159 g/mol. The molecule has 2 nitrogen and oxygen atoms in total.